The van der Waals surface area contributed by atoms with E-state index in [0.29, 0.717) is 12.1 Å². The summed E-state index contributed by atoms with van der Waals surface area (Å²) in [7, 11) is 0. The van der Waals surface area contributed by atoms with E-state index in [0.717, 1.165) is 24.3 Å². The fourth-order valence-corrected chi connectivity index (χ4v) is 4.05. The van der Waals surface area contributed by atoms with Crippen molar-refractivity contribution in [2.45, 2.75) is 50.4 Å². The SMILES string of the molecule is Cc1ccc(SCc2ccc(C(=O)NCCCc3cccc(OC(C)C)c3)cc2)cc1. The van der Waals surface area contributed by atoms with E-state index in [2.05, 4.69) is 48.6 Å². The normalized spacial score (nSPS) is 10.8. The lowest BCUT2D eigenvalue weighted by atomic mass is 10.1. The van der Waals surface area contributed by atoms with Crippen LogP contribution in [0.5, 0.6) is 5.75 Å². The first-order chi connectivity index (χ1) is 15.0. The second-order valence-electron chi connectivity index (χ2n) is 7.97. The van der Waals surface area contributed by atoms with Crippen molar-refractivity contribution in [3.05, 3.63) is 95.1 Å². The van der Waals surface area contributed by atoms with Crippen molar-refractivity contribution >= 4 is 17.7 Å². The molecule has 31 heavy (non-hydrogen) atoms. The van der Waals surface area contributed by atoms with Gasteiger partial charge in [0.05, 0.1) is 6.10 Å². The smallest absolute Gasteiger partial charge is 0.251 e. The number of rotatable bonds is 10. The van der Waals surface area contributed by atoms with Crippen molar-refractivity contribution in [3.8, 4) is 5.75 Å². The Labute approximate surface area is 190 Å². The van der Waals surface area contributed by atoms with Crippen LogP contribution >= 0.6 is 11.8 Å². The van der Waals surface area contributed by atoms with Gasteiger partial charge in [-0.2, -0.15) is 0 Å². The molecular formula is C27H31NO2S. The molecule has 0 fully saturated rings. The molecule has 4 heteroatoms. The zero-order valence-electron chi connectivity index (χ0n) is 18.6. The topological polar surface area (TPSA) is 38.3 Å². The van der Waals surface area contributed by atoms with Crippen LogP contribution in [0, 0.1) is 6.92 Å². The van der Waals surface area contributed by atoms with Gasteiger partial charge in [0.25, 0.3) is 5.91 Å². The average Bonchev–Trinajstić information content (AvgIpc) is 2.76. The largest absolute Gasteiger partial charge is 0.491 e. The van der Waals surface area contributed by atoms with Crippen LogP contribution in [0.1, 0.15) is 47.3 Å². The van der Waals surface area contributed by atoms with Crippen molar-refractivity contribution in [1.29, 1.82) is 0 Å². The lowest BCUT2D eigenvalue weighted by Crippen LogP contribution is -2.24. The molecule has 0 aliphatic heterocycles. The van der Waals surface area contributed by atoms with E-state index in [4.69, 9.17) is 4.74 Å². The van der Waals surface area contributed by atoms with Gasteiger partial charge in [-0.1, -0.05) is 42.0 Å². The van der Waals surface area contributed by atoms with Crippen LogP contribution in [0.25, 0.3) is 0 Å². The molecule has 0 aliphatic carbocycles. The molecule has 0 radical (unpaired) electrons. The average molecular weight is 434 g/mol. The number of thioether (sulfide) groups is 1. The third-order valence-corrected chi connectivity index (χ3v) is 5.92. The van der Waals surface area contributed by atoms with Gasteiger partial charge in [0.15, 0.2) is 0 Å². The Morgan fingerprint density at radius 2 is 1.71 bits per heavy atom. The second-order valence-corrected chi connectivity index (χ2v) is 9.02. The van der Waals surface area contributed by atoms with Crippen LogP contribution in [0.4, 0.5) is 0 Å². The van der Waals surface area contributed by atoms with Crippen LogP contribution in [0.2, 0.25) is 0 Å². The van der Waals surface area contributed by atoms with Crippen molar-refractivity contribution < 1.29 is 9.53 Å². The molecule has 0 unspecified atom stereocenters. The highest BCUT2D eigenvalue weighted by molar-refractivity contribution is 7.98. The zero-order chi connectivity index (χ0) is 22.1. The second kappa shape index (κ2) is 11.6. The van der Waals surface area contributed by atoms with Crippen LogP contribution in [-0.2, 0) is 12.2 Å². The molecule has 0 spiro atoms. The fourth-order valence-electron chi connectivity index (χ4n) is 3.20. The van der Waals surface area contributed by atoms with E-state index in [1.807, 2.05) is 50.2 Å². The molecule has 0 saturated heterocycles. The van der Waals surface area contributed by atoms with Gasteiger partial charge in [-0.05, 0) is 81.1 Å². The van der Waals surface area contributed by atoms with Crippen molar-refractivity contribution in [2.24, 2.45) is 0 Å². The summed E-state index contributed by atoms with van der Waals surface area (Å²) in [5.74, 6) is 1.77. The van der Waals surface area contributed by atoms with Gasteiger partial charge >= 0.3 is 0 Å². The molecule has 3 aromatic rings. The molecule has 3 nitrogen and oxygen atoms in total. The molecule has 162 valence electrons. The van der Waals surface area contributed by atoms with Crippen molar-refractivity contribution in [2.75, 3.05) is 6.54 Å². The number of ether oxygens (including phenoxy) is 1. The summed E-state index contributed by atoms with van der Waals surface area (Å²) in [4.78, 5) is 13.7. The summed E-state index contributed by atoms with van der Waals surface area (Å²) in [6.45, 7) is 6.80. The van der Waals surface area contributed by atoms with Gasteiger partial charge in [0, 0.05) is 22.8 Å². The molecule has 0 aliphatic rings. The van der Waals surface area contributed by atoms with Crippen molar-refractivity contribution in [1.82, 2.24) is 5.32 Å². The molecule has 1 N–H and O–H groups in total. The minimum absolute atomic E-state index is 0.0189. The minimum atomic E-state index is -0.0189. The number of nitrogens with one attached hydrogen (secondary N) is 1. The van der Waals surface area contributed by atoms with Gasteiger partial charge in [-0.25, -0.2) is 0 Å². The molecule has 0 saturated carbocycles. The van der Waals surface area contributed by atoms with E-state index < -0.39 is 0 Å². The maximum Gasteiger partial charge on any atom is 0.251 e. The number of carbonyl (C=O) groups is 1. The standard InChI is InChI=1S/C27H31NO2S/c1-20(2)30-25-8-4-6-22(18-25)7-5-17-28-27(29)24-13-11-23(12-14-24)19-31-26-15-9-21(3)10-16-26/h4,6,8-16,18,20H,5,7,17,19H2,1-3H3,(H,28,29). The van der Waals surface area contributed by atoms with Gasteiger partial charge in [-0.3, -0.25) is 4.79 Å². The first-order valence-corrected chi connectivity index (χ1v) is 11.8. The number of hydrogen-bond acceptors (Lipinski definition) is 3. The minimum Gasteiger partial charge on any atom is -0.491 e. The van der Waals surface area contributed by atoms with Crippen LogP contribution in [0.3, 0.4) is 0 Å². The Morgan fingerprint density at radius 3 is 2.42 bits per heavy atom. The summed E-state index contributed by atoms with van der Waals surface area (Å²) < 4.78 is 5.74. The molecule has 0 heterocycles. The fraction of sp³-hybridized carbons (Fsp3) is 0.296. The number of amides is 1. The predicted molar refractivity (Wildman–Crippen MR) is 130 cm³/mol. The highest BCUT2D eigenvalue weighted by Crippen LogP contribution is 2.23. The van der Waals surface area contributed by atoms with E-state index in [-0.39, 0.29) is 12.0 Å². The molecule has 1 amide bonds. The number of aryl methyl sites for hydroxylation is 2. The monoisotopic (exact) mass is 433 g/mol. The number of carbonyl (C=O) groups excluding carboxylic acids is 1. The van der Waals surface area contributed by atoms with E-state index >= 15 is 0 Å². The summed E-state index contributed by atoms with van der Waals surface area (Å²) in [6.07, 6.45) is 1.97. The maximum atomic E-state index is 12.4. The molecule has 0 aromatic heterocycles. The Balaban J connectivity index is 1.41. The quantitative estimate of drug-likeness (QED) is 0.295. The predicted octanol–water partition coefficient (Wildman–Crippen LogP) is 6.44. The first kappa shape index (κ1) is 23.0. The molecule has 0 bridgehead atoms. The van der Waals surface area contributed by atoms with E-state index in [9.17, 15) is 4.79 Å². The third kappa shape index (κ3) is 7.80. The Hall–Kier alpha value is -2.72. The first-order valence-electron chi connectivity index (χ1n) is 10.8. The molecule has 0 atom stereocenters. The lowest BCUT2D eigenvalue weighted by molar-refractivity contribution is 0.0953. The summed E-state index contributed by atoms with van der Waals surface area (Å²) in [5.41, 5.74) is 4.42. The van der Waals surface area contributed by atoms with Crippen LogP contribution in [-0.4, -0.2) is 18.6 Å². The zero-order valence-corrected chi connectivity index (χ0v) is 19.4. The van der Waals surface area contributed by atoms with Gasteiger partial charge < -0.3 is 10.1 Å². The van der Waals surface area contributed by atoms with Crippen molar-refractivity contribution in [3.63, 3.8) is 0 Å². The lowest BCUT2D eigenvalue weighted by Gasteiger charge is -2.11. The van der Waals surface area contributed by atoms with E-state index in [1.165, 1.54) is 21.6 Å². The Kier molecular flexibility index (Phi) is 8.60. The van der Waals surface area contributed by atoms with Crippen LogP contribution < -0.4 is 10.1 Å². The van der Waals surface area contributed by atoms with Gasteiger partial charge in [-0.15, -0.1) is 11.8 Å². The van der Waals surface area contributed by atoms with Gasteiger partial charge in [0.1, 0.15) is 5.75 Å². The summed E-state index contributed by atoms with van der Waals surface area (Å²) in [5, 5.41) is 3.02. The third-order valence-electron chi connectivity index (χ3n) is 4.84. The molecule has 3 rings (SSSR count). The molecule has 3 aromatic carbocycles. The van der Waals surface area contributed by atoms with Crippen LogP contribution in [0.15, 0.2) is 77.7 Å². The summed E-state index contributed by atoms with van der Waals surface area (Å²) >= 11 is 1.81. The maximum absolute atomic E-state index is 12.4. The Morgan fingerprint density at radius 1 is 0.968 bits per heavy atom. The number of benzene rings is 3. The Bertz CT molecular complexity index is 965. The number of hydrogen-bond donors (Lipinski definition) is 1. The van der Waals surface area contributed by atoms with Gasteiger partial charge in [0.2, 0.25) is 0 Å². The highest BCUT2D eigenvalue weighted by Gasteiger charge is 2.06. The summed E-state index contributed by atoms with van der Waals surface area (Å²) in [6, 6.07) is 24.6. The van der Waals surface area contributed by atoms with E-state index in [1.54, 1.807) is 11.8 Å². The highest BCUT2D eigenvalue weighted by atomic mass is 32.2. The molecular weight excluding hydrogens is 402 g/mol.